The van der Waals surface area contributed by atoms with Gasteiger partial charge in [-0.15, -0.1) is 36.8 Å². The molecule has 0 fully saturated rings. The average Bonchev–Trinajstić information content (AvgIpc) is 0.841. The number of phenolic OH excluding ortho intramolecular Hbond substituents is 2. The van der Waals surface area contributed by atoms with Crippen molar-refractivity contribution >= 4 is 64.7 Å². The first-order valence-corrected chi connectivity index (χ1v) is 45.5. The van der Waals surface area contributed by atoms with E-state index in [9.17, 15) is 37.8 Å². The summed E-state index contributed by atoms with van der Waals surface area (Å²) in [4.78, 5) is 61.3. The van der Waals surface area contributed by atoms with E-state index >= 15 is 0 Å². The van der Waals surface area contributed by atoms with E-state index in [1.807, 2.05) is 6.92 Å². The minimum atomic E-state index is -3.60. The first kappa shape index (κ1) is 94.2. The van der Waals surface area contributed by atoms with E-state index in [1.54, 1.807) is 111 Å². The molecule has 104 heavy (non-hydrogen) atoms. The molecule has 0 atom stereocenters. The van der Waals surface area contributed by atoms with Crippen LogP contribution in [-0.4, -0.2) is 93.0 Å². The fourth-order valence-electron chi connectivity index (χ4n) is 9.56. The van der Waals surface area contributed by atoms with Crippen LogP contribution in [0.2, 0.25) is 57.4 Å². The molecule has 7 aromatic carbocycles. The number of aromatic hydroxyl groups is 2. The fourth-order valence-corrected chi connectivity index (χ4v) is 14.6. The Kier molecular flexibility index (Phi) is 45.2. The monoisotopic (exact) mass is 1540 g/mol. The molecule has 0 aliphatic rings. The molecule has 550 valence electrons. The Morgan fingerprint density at radius 3 is 1.02 bits per heavy atom. The zero-order chi connectivity index (χ0) is 75.1. The number of hydrogen-bond donors (Lipinski definition) is 2. The molecule has 0 aliphatic carbocycles. The summed E-state index contributed by atoms with van der Waals surface area (Å²) in [7, 11) is -7.19. The number of aryl methyl sites for hydroxylation is 3. The average molecular weight is 1550 g/mol. The molecule has 0 amide bonds. The summed E-state index contributed by atoms with van der Waals surface area (Å²) in [5.41, 5.74) is 10.2. The SMILES string of the molecule is C=C[Si](C)(C)CCCCCCOS(=O)(=O)c1ccc(C)cc1.C=C[Si](C)(C)CCCCCCOc1ccc(C(=O)Oc2ccc(OC(=O)c3ccc(OCCCCCC[Si](C)(C)C=C)cc3)c(C)c2)cc1.Cc1cc(OC(=O)c2ccc(O)cc2)ccc1OC(=O)c1ccc(O)cc1.O=CO[O-].[H-].[K+].[K+]. The van der Waals surface area contributed by atoms with Crippen LogP contribution in [0.15, 0.2) is 199 Å². The molecule has 0 saturated carbocycles. The van der Waals surface area contributed by atoms with Crippen molar-refractivity contribution in [1.29, 1.82) is 0 Å². The van der Waals surface area contributed by atoms with E-state index in [0.29, 0.717) is 69.6 Å². The minimum absolute atomic E-state index is 0. The van der Waals surface area contributed by atoms with Gasteiger partial charge >= 0.3 is 127 Å². The van der Waals surface area contributed by atoms with Crippen molar-refractivity contribution in [2.75, 3.05) is 19.8 Å². The van der Waals surface area contributed by atoms with Crippen LogP contribution in [0.1, 0.15) is 137 Å². The molecule has 0 radical (unpaired) electrons. The van der Waals surface area contributed by atoms with E-state index in [4.69, 9.17) is 42.7 Å². The number of rotatable bonds is 37. The Hall–Kier alpha value is -5.90. The molecular formula is C80H102K2O18SSi3. The van der Waals surface area contributed by atoms with Crippen molar-refractivity contribution in [3.8, 4) is 46.0 Å². The smallest absolute Gasteiger partial charge is 1.00 e. The number of phenols is 2. The predicted octanol–water partition coefficient (Wildman–Crippen LogP) is 12.3. The first-order chi connectivity index (χ1) is 48.5. The van der Waals surface area contributed by atoms with Gasteiger partial charge in [0.05, 0.1) is 71.2 Å². The summed E-state index contributed by atoms with van der Waals surface area (Å²) in [5, 5.41) is 27.0. The summed E-state index contributed by atoms with van der Waals surface area (Å²) < 4.78 is 62.6. The van der Waals surface area contributed by atoms with Crippen molar-refractivity contribution in [2.45, 2.75) is 160 Å². The Labute approximate surface area is 705 Å². The molecule has 0 saturated heterocycles. The van der Waals surface area contributed by atoms with Crippen LogP contribution in [0.3, 0.4) is 0 Å². The summed E-state index contributed by atoms with van der Waals surface area (Å²) in [5.74, 6) is 0.895. The maximum atomic E-state index is 12.8. The minimum Gasteiger partial charge on any atom is -1.00 e. The van der Waals surface area contributed by atoms with E-state index in [-0.39, 0.29) is 134 Å². The number of hydrogen-bond acceptors (Lipinski definition) is 18. The van der Waals surface area contributed by atoms with Gasteiger partial charge in [-0.05, 0) is 197 Å². The van der Waals surface area contributed by atoms with Gasteiger partial charge in [-0.25, -0.2) is 19.2 Å². The number of carbonyl (C=O) groups is 5. The van der Waals surface area contributed by atoms with E-state index < -0.39 is 58.2 Å². The maximum absolute atomic E-state index is 12.8. The number of benzene rings is 7. The molecule has 7 rings (SSSR count). The van der Waals surface area contributed by atoms with Gasteiger partial charge < -0.3 is 50.2 Å². The Morgan fingerprint density at radius 1 is 0.423 bits per heavy atom. The predicted molar refractivity (Wildman–Crippen MR) is 408 cm³/mol. The molecule has 0 heterocycles. The van der Waals surface area contributed by atoms with Crippen LogP contribution in [0, 0.1) is 20.8 Å². The van der Waals surface area contributed by atoms with Crippen molar-refractivity contribution < 1.29 is 190 Å². The standard InChI is InChI=1S/C41H56O6Si2.C21H16O6.C17H28O3SSi.CH2O3.2K.H/c1-8-48(4,5)30-16-12-10-14-28-44-36-22-18-34(19-23-36)40(42)46-38-26-27-39(33(3)32-38)47-41(43)35-20-24-37(25-21-35)45-29-15-11-13-17-31-49(6,7)9-2;1-13-12-18(26-20(24)14-2-6-16(22)7-3-14)10-11-19(13)27-21(25)15-4-8-17(23)9-5-15;1-5-22(3,4)15-9-7-6-8-14-20-21(18,19)17-12-10-16(2)11-13-17;2-1-4-3;;;/h8-9,18-27,32H,1-2,10-17,28-31H2,3-7H3;2-12,22-23H,1H3;5,10-13H,1,6-9,14-15H2,2-4H3;1,3H;;;/q;;;;2*+1;-1/p-1. The van der Waals surface area contributed by atoms with Crippen LogP contribution >= 0.6 is 0 Å². The van der Waals surface area contributed by atoms with Gasteiger partial charge in [0.1, 0.15) is 46.0 Å². The Morgan fingerprint density at radius 2 is 0.712 bits per heavy atom. The topological polar surface area (TPSA) is 257 Å². The molecule has 18 nitrogen and oxygen atoms in total. The van der Waals surface area contributed by atoms with Crippen molar-refractivity contribution in [1.82, 2.24) is 0 Å². The molecular weight excluding hydrogens is 1440 g/mol. The van der Waals surface area contributed by atoms with Gasteiger partial charge in [0, 0.05) is 0 Å². The van der Waals surface area contributed by atoms with E-state index in [1.165, 1.54) is 111 Å². The maximum Gasteiger partial charge on any atom is 1.00 e. The fraction of sp³-hybridized carbons (Fsp3) is 0.338. The Bertz CT molecular complexity index is 3900. The third-order valence-corrected chi connectivity index (χ3v) is 26.0. The quantitative estimate of drug-likeness (QED) is 0.00536. The number of esters is 4. The van der Waals surface area contributed by atoms with E-state index in [0.717, 1.165) is 62.0 Å². The summed E-state index contributed by atoms with van der Waals surface area (Å²) >= 11 is 0. The summed E-state index contributed by atoms with van der Waals surface area (Å²) in [6.07, 6.45) is 13.3. The molecule has 0 aliphatic heterocycles. The molecule has 24 heteroatoms. The van der Waals surface area contributed by atoms with Gasteiger partial charge in [0.15, 0.2) is 0 Å². The molecule has 0 unspecified atom stereocenters. The first-order valence-electron chi connectivity index (χ1n) is 34.2. The number of carbonyl (C=O) groups excluding carboxylic acids is 5. The second kappa shape index (κ2) is 49.9. The van der Waals surface area contributed by atoms with Crippen molar-refractivity contribution in [2.24, 2.45) is 0 Å². The summed E-state index contributed by atoms with van der Waals surface area (Å²) in [6, 6.07) is 45.5. The van der Waals surface area contributed by atoms with Gasteiger partial charge in [-0.2, -0.15) is 8.42 Å². The van der Waals surface area contributed by atoms with Gasteiger partial charge in [0.2, 0.25) is 0 Å². The molecule has 0 aromatic heterocycles. The van der Waals surface area contributed by atoms with Crippen molar-refractivity contribution in [3.05, 3.63) is 234 Å². The van der Waals surface area contributed by atoms with Crippen LogP contribution in [0.4, 0.5) is 0 Å². The second-order valence-electron chi connectivity index (χ2n) is 26.6. The molecule has 7 aromatic rings. The van der Waals surface area contributed by atoms with Crippen LogP contribution < -0.4 is 136 Å². The number of unbranched alkanes of at least 4 members (excludes halogenated alkanes) is 9. The zero-order valence-corrected chi connectivity index (χ0v) is 72.6. The van der Waals surface area contributed by atoms with Crippen LogP contribution in [0.5, 0.6) is 46.0 Å². The normalized spacial score (nSPS) is 10.9. The third kappa shape index (κ3) is 37.6. The second-order valence-corrected chi connectivity index (χ2v) is 42.9. The van der Waals surface area contributed by atoms with E-state index in [2.05, 4.69) is 81.0 Å². The van der Waals surface area contributed by atoms with Gasteiger partial charge in [0.25, 0.3) is 16.6 Å². The van der Waals surface area contributed by atoms with Crippen LogP contribution in [0.25, 0.3) is 0 Å². The zero-order valence-electron chi connectivity index (χ0n) is 63.5. The van der Waals surface area contributed by atoms with Gasteiger partial charge in [-0.3, -0.25) is 8.98 Å². The van der Waals surface area contributed by atoms with Crippen molar-refractivity contribution in [3.63, 3.8) is 0 Å². The van der Waals surface area contributed by atoms with Gasteiger partial charge in [-0.1, -0.05) is 133 Å². The molecule has 0 spiro atoms. The Balaban J connectivity index is 0.000000828. The molecule has 2 N–H and O–H groups in total. The largest absolute Gasteiger partial charge is 1.00 e. The summed E-state index contributed by atoms with van der Waals surface area (Å²) in [6.45, 7) is 32.7. The molecule has 0 bridgehead atoms. The third-order valence-electron chi connectivity index (χ3n) is 16.4. The van der Waals surface area contributed by atoms with Crippen LogP contribution in [-0.2, 0) is 24.0 Å². The number of ether oxygens (including phenoxy) is 6.